The van der Waals surface area contributed by atoms with Crippen molar-refractivity contribution in [1.29, 1.82) is 0 Å². The Balaban J connectivity index is 2.19. The Morgan fingerprint density at radius 1 is 1.47 bits per heavy atom. The molecule has 0 aromatic carbocycles. The number of furan rings is 1. The number of carbonyl (C=O) groups is 1. The van der Waals surface area contributed by atoms with E-state index in [4.69, 9.17) is 4.42 Å². The molecule has 0 fully saturated rings. The van der Waals surface area contributed by atoms with Gasteiger partial charge in [-0.1, -0.05) is 6.92 Å². The van der Waals surface area contributed by atoms with Crippen molar-refractivity contribution in [3.63, 3.8) is 0 Å². The van der Waals surface area contributed by atoms with E-state index in [0.29, 0.717) is 18.8 Å². The fourth-order valence-electron chi connectivity index (χ4n) is 1.83. The van der Waals surface area contributed by atoms with Crippen molar-refractivity contribution in [3.8, 4) is 0 Å². The van der Waals surface area contributed by atoms with Gasteiger partial charge >= 0.3 is 0 Å². The largest absolute Gasteiger partial charge is 0.467 e. The first-order chi connectivity index (χ1) is 9.22. The third-order valence-corrected chi connectivity index (χ3v) is 2.71. The second kappa shape index (κ2) is 6.13. The van der Waals surface area contributed by atoms with E-state index in [2.05, 4.69) is 4.98 Å². The Kier molecular flexibility index (Phi) is 4.28. The Bertz CT molecular complexity index is 540. The molecular formula is C14H15FN2O2. The number of pyridine rings is 1. The Labute approximate surface area is 110 Å². The summed E-state index contributed by atoms with van der Waals surface area (Å²) >= 11 is 0. The maximum Gasteiger partial charge on any atom is 0.257 e. The molecule has 0 unspecified atom stereocenters. The van der Waals surface area contributed by atoms with Crippen LogP contribution in [0.25, 0.3) is 0 Å². The zero-order chi connectivity index (χ0) is 13.7. The molecule has 0 N–H and O–H groups in total. The lowest BCUT2D eigenvalue weighted by molar-refractivity contribution is 0.0726. The highest BCUT2D eigenvalue weighted by Crippen LogP contribution is 2.13. The van der Waals surface area contributed by atoms with E-state index in [1.807, 2.05) is 6.92 Å². The van der Waals surface area contributed by atoms with Crippen LogP contribution in [0.1, 0.15) is 29.5 Å². The number of rotatable bonds is 5. The minimum absolute atomic E-state index is 0.0370. The lowest BCUT2D eigenvalue weighted by Gasteiger charge is -2.21. The lowest BCUT2D eigenvalue weighted by atomic mass is 10.2. The van der Waals surface area contributed by atoms with E-state index < -0.39 is 5.82 Å². The maximum absolute atomic E-state index is 13.6. The molecule has 2 aromatic rings. The zero-order valence-corrected chi connectivity index (χ0v) is 10.7. The van der Waals surface area contributed by atoms with Crippen LogP contribution in [0.2, 0.25) is 0 Å². The molecule has 0 bridgehead atoms. The molecule has 0 saturated carbocycles. The van der Waals surface area contributed by atoms with Crippen molar-refractivity contribution in [1.82, 2.24) is 9.88 Å². The molecule has 1 amide bonds. The number of halogens is 1. The summed E-state index contributed by atoms with van der Waals surface area (Å²) < 4.78 is 18.8. The number of nitrogens with zero attached hydrogens (tertiary/aromatic N) is 2. The Morgan fingerprint density at radius 2 is 2.32 bits per heavy atom. The van der Waals surface area contributed by atoms with Gasteiger partial charge in [-0.05, 0) is 24.6 Å². The molecule has 0 aliphatic heterocycles. The molecule has 19 heavy (non-hydrogen) atoms. The second-order valence-corrected chi connectivity index (χ2v) is 4.16. The van der Waals surface area contributed by atoms with Crippen molar-refractivity contribution in [3.05, 3.63) is 54.0 Å². The molecule has 2 aromatic heterocycles. The topological polar surface area (TPSA) is 46.3 Å². The fourth-order valence-corrected chi connectivity index (χ4v) is 1.83. The molecule has 100 valence electrons. The van der Waals surface area contributed by atoms with Gasteiger partial charge in [-0.2, -0.15) is 0 Å². The van der Waals surface area contributed by atoms with Crippen LogP contribution in [0.15, 0.2) is 41.3 Å². The number of hydrogen-bond acceptors (Lipinski definition) is 3. The van der Waals surface area contributed by atoms with Gasteiger partial charge in [0.25, 0.3) is 5.91 Å². The van der Waals surface area contributed by atoms with Gasteiger partial charge in [-0.15, -0.1) is 0 Å². The number of carbonyl (C=O) groups excluding carboxylic acids is 1. The third-order valence-electron chi connectivity index (χ3n) is 2.71. The minimum Gasteiger partial charge on any atom is -0.467 e. The molecule has 0 aliphatic rings. The Morgan fingerprint density at radius 3 is 2.95 bits per heavy atom. The van der Waals surface area contributed by atoms with Gasteiger partial charge < -0.3 is 9.32 Å². The standard InChI is InChI=1S/C14H15FN2O2/c1-2-7-17(10-11-4-3-8-19-11)14(18)12-5-6-16-9-13(12)15/h3-6,8-9H,2,7,10H2,1H3. The monoisotopic (exact) mass is 262 g/mol. The van der Waals surface area contributed by atoms with Crippen LogP contribution < -0.4 is 0 Å². The summed E-state index contributed by atoms with van der Waals surface area (Å²) in [4.78, 5) is 17.5. The molecule has 2 heterocycles. The predicted octanol–water partition coefficient (Wildman–Crippen LogP) is 2.87. The van der Waals surface area contributed by atoms with Gasteiger partial charge in [0.1, 0.15) is 5.76 Å². The summed E-state index contributed by atoms with van der Waals surface area (Å²) in [6.45, 7) is 2.84. The highest BCUT2D eigenvalue weighted by molar-refractivity contribution is 5.94. The summed E-state index contributed by atoms with van der Waals surface area (Å²) in [6, 6.07) is 4.94. The van der Waals surface area contributed by atoms with Gasteiger partial charge in [0.05, 0.1) is 24.6 Å². The van der Waals surface area contributed by atoms with Crippen LogP contribution in [0.4, 0.5) is 4.39 Å². The number of aromatic nitrogens is 1. The van der Waals surface area contributed by atoms with E-state index in [-0.39, 0.29) is 11.5 Å². The third kappa shape index (κ3) is 3.19. The van der Waals surface area contributed by atoms with E-state index in [9.17, 15) is 9.18 Å². The first-order valence-corrected chi connectivity index (χ1v) is 6.13. The molecule has 5 heteroatoms. The fraction of sp³-hybridized carbons (Fsp3) is 0.286. The van der Waals surface area contributed by atoms with Gasteiger partial charge in [0.15, 0.2) is 5.82 Å². The molecule has 0 aliphatic carbocycles. The molecule has 0 spiro atoms. The van der Waals surface area contributed by atoms with Crippen LogP contribution in [-0.2, 0) is 6.54 Å². The molecule has 0 radical (unpaired) electrons. The van der Waals surface area contributed by atoms with Gasteiger partial charge in [-0.25, -0.2) is 4.39 Å². The van der Waals surface area contributed by atoms with Crippen LogP contribution in [0.3, 0.4) is 0 Å². The molecule has 0 atom stereocenters. The van der Waals surface area contributed by atoms with Crippen molar-refractivity contribution >= 4 is 5.91 Å². The summed E-state index contributed by atoms with van der Waals surface area (Å²) in [7, 11) is 0. The van der Waals surface area contributed by atoms with E-state index in [1.54, 1.807) is 23.3 Å². The van der Waals surface area contributed by atoms with Crippen LogP contribution in [-0.4, -0.2) is 22.3 Å². The first-order valence-electron chi connectivity index (χ1n) is 6.13. The summed E-state index contributed by atoms with van der Waals surface area (Å²) in [5, 5.41) is 0. The first kappa shape index (κ1) is 13.3. The van der Waals surface area contributed by atoms with E-state index in [0.717, 1.165) is 12.6 Å². The average Bonchev–Trinajstić information content (AvgIpc) is 2.91. The van der Waals surface area contributed by atoms with Crippen molar-refractivity contribution < 1.29 is 13.6 Å². The highest BCUT2D eigenvalue weighted by Gasteiger charge is 2.19. The Hall–Kier alpha value is -2.17. The predicted molar refractivity (Wildman–Crippen MR) is 67.9 cm³/mol. The van der Waals surface area contributed by atoms with Gasteiger partial charge in [0, 0.05) is 12.7 Å². The van der Waals surface area contributed by atoms with Gasteiger partial charge in [0.2, 0.25) is 0 Å². The van der Waals surface area contributed by atoms with Gasteiger partial charge in [-0.3, -0.25) is 9.78 Å². The van der Waals surface area contributed by atoms with Crippen molar-refractivity contribution in [2.75, 3.05) is 6.54 Å². The summed E-state index contributed by atoms with van der Waals surface area (Å²) in [5.41, 5.74) is 0.0370. The molecule has 0 saturated heterocycles. The van der Waals surface area contributed by atoms with Crippen LogP contribution in [0, 0.1) is 5.82 Å². The van der Waals surface area contributed by atoms with E-state index >= 15 is 0 Å². The number of amides is 1. The highest BCUT2D eigenvalue weighted by atomic mass is 19.1. The second-order valence-electron chi connectivity index (χ2n) is 4.16. The maximum atomic E-state index is 13.6. The van der Waals surface area contributed by atoms with Crippen molar-refractivity contribution in [2.45, 2.75) is 19.9 Å². The zero-order valence-electron chi connectivity index (χ0n) is 10.7. The normalized spacial score (nSPS) is 10.4. The summed E-state index contributed by atoms with van der Waals surface area (Å²) in [5.74, 6) is -0.275. The average molecular weight is 262 g/mol. The molecule has 2 rings (SSSR count). The van der Waals surface area contributed by atoms with Crippen molar-refractivity contribution in [2.24, 2.45) is 0 Å². The smallest absolute Gasteiger partial charge is 0.257 e. The SMILES string of the molecule is CCCN(Cc1ccco1)C(=O)c1ccncc1F. The number of hydrogen-bond donors (Lipinski definition) is 0. The quantitative estimate of drug-likeness (QED) is 0.832. The minimum atomic E-state index is -0.604. The molecular weight excluding hydrogens is 247 g/mol. The lowest BCUT2D eigenvalue weighted by Crippen LogP contribution is -2.31. The summed E-state index contributed by atoms with van der Waals surface area (Å²) in [6.07, 6.45) is 4.80. The van der Waals surface area contributed by atoms with Crippen LogP contribution in [0.5, 0.6) is 0 Å². The molecule has 4 nitrogen and oxygen atoms in total. The van der Waals surface area contributed by atoms with Crippen LogP contribution >= 0.6 is 0 Å². The van der Waals surface area contributed by atoms with E-state index in [1.165, 1.54) is 12.3 Å².